The molecule has 1 aliphatic heterocycles. The van der Waals surface area contributed by atoms with Crippen molar-refractivity contribution in [3.8, 4) is 0 Å². The van der Waals surface area contributed by atoms with Gasteiger partial charge in [-0.15, -0.1) is 0 Å². The first kappa shape index (κ1) is 17.9. The van der Waals surface area contributed by atoms with Crippen molar-refractivity contribution in [1.29, 1.82) is 0 Å². The summed E-state index contributed by atoms with van der Waals surface area (Å²) < 4.78 is 13.9. The number of benzene rings is 1. The Hall–Kier alpha value is -1.91. The van der Waals surface area contributed by atoms with E-state index in [0.717, 1.165) is 36.9 Å². The van der Waals surface area contributed by atoms with Gasteiger partial charge < -0.3 is 10.2 Å². The quantitative estimate of drug-likeness (QED) is 0.894. The van der Waals surface area contributed by atoms with Crippen LogP contribution < -0.4 is 5.32 Å². The number of nitrogens with zero attached hydrogens (tertiary/aromatic N) is 1. The minimum Gasteiger partial charge on any atom is -0.349 e. The maximum Gasteiger partial charge on any atom is 0.227 e. The Balaban J connectivity index is 1.65. The number of hydrogen-bond acceptors (Lipinski definition) is 2. The van der Waals surface area contributed by atoms with Gasteiger partial charge in [-0.1, -0.05) is 32.9 Å². The van der Waals surface area contributed by atoms with Crippen LogP contribution in [0.5, 0.6) is 0 Å². The fourth-order valence-corrected chi connectivity index (χ4v) is 3.90. The number of carbonyl (C=O) groups is 2. The molecule has 1 aromatic carbocycles. The highest BCUT2D eigenvalue weighted by molar-refractivity contribution is 5.84. The van der Waals surface area contributed by atoms with E-state index in [1.807, 2.05) is 31.7 Å². The highest BCUT2D eigenvalue weighted by Gasteiger charge is 2.35. The number of piperidine rings is 1. The molecule has 1 fully saturated rings. The third kappa shape index (κ3) is 3.70. The molecule has 1 aromatic rings. The van der Waals surface area contributed by atoms with E-state index in [1.54, 1.807) is 6.07 Å². The molecule has 136 valence electrons. The Labute approximate surface area is 148 Å². The van der Waals surface area contributed by atoms with Crippen molar-refractivity contribution >= 4 is 11.8 Å². The normalized spacial score (nSPS) is 23.3. The van der Waals surface area contributed by atoms with Crippen LogP contribution in [0.2, 0.25) is 0 Å². The maximum atomic E-state index is 13.9. The SMILES string of the molecule is CC(C)(C)C(=O)N1CCC[C@H](C(=O)N[C@@H]2CCc3c(F)cccc32)C1. The van der Waals surface area contributed by atoms with Crippen LogP contribution in [0.1, 0.15) is 57.2 Å². The predicted octanol–water partition coefficient (Wildman–Crippen LogP) is 3.21. The van der Waals surface area contributed by atoms with E-state index in [4.69, 9.17) is 0 Å². The van der Waals surface area contributed by atoms with Crippen LogP contribution in [0, 0.1) is 17.2 Å². The number of carbonyl (C=O) groups excluding carboxylic acids is 2. The summed E-state index contributed by atoms with van der Waals surface area (Å²) in [5, 5.41) is 3.09. The summed E-state index contributed by atoms with van der Waals surface area (Å²) in [6, 6.07) is 4.95. The van der Waals surface area contributed by atoms with E-state index in [0.29, 0.717) is 13.0 Å². The number of likely N-dealkylation sites (tertiary alicyclic amines) is 1. The maximum absolute atomic E-state index is 13.9. The molecule has 1 heterocycles. The Morgan fingerprint density at radius 1 is 1.24 bits per heavy atom. The van der Waals surface area contributed by atoms with Crippen LogP contribution in [-0.2, 0) is 16.0 Å². The summed E-state index contributed by atoms with van der Waals surface area (Å²) in [6.45, 7) is 6.91. The molecule has 5 heteroatoms. The van der Waals surface area contributed by atoms with Crippen LogP contribution in [-0.4, -0.2) is 29.8 Å². The van der Waals surface area contributed by atoms with Crippen LogP contribution in [0.15, 0.2) is 18.2 Å². The average Bonchev–Trinajstić information content (AvgIpc) is 2.98. The molecule has 0 saturated carbocycles. The lowest BCUT2D eigenvalue weighted by atomic mass is 9.90. The van der Waals surface area contributed by atoms with E-state index >= 15 is 0 Å². The summed E-state index contributed by atoms with van der Waals surface area (Å²) >= 11 is 0. The third-order valence-electron chi connectivity index (χ3n) is 5.25. The number of halogens is 1. The fraction of sp³-hybridized carbons (Fsp3) is 0.600. The first-order valence-electron chi connectivity index (χ1n) is 9.14. The smallest absolute Gasteiger partial charge is 0.227 e. The summed E-state index contributed by atoms with van der Waals surface area (Å²) in [5.74, 6) is -0.293. The van der Waals surface area contributed by atoms with Gasteiger partial charge in [0.05, 0.1) is 12.0 Å². The minimum absolute atomic E-state index is 0.0199. The number of rotatable bonds is 2. The Bertz CT molecular complexity index is 681. The topological polar surface area (TPSA) is 49.4 Å². The minimum atomic E-state index is -0.430. The van der Waals surface area contributed by atoms with Crippen LogP contribution >= 0.6 is 0 Å². The Kier molecular flexibility index (Phi) is 4.85. The molecule has 1 saturated heterocycles. The highest BCUT2D eigenvalue weighted by Crippen LogP contribution is 2.33. The van der Waals surface area contributed by atoms with Crippen LogP contribution in [0.3, 0.4) is 0 Å². The van der Waals surface area contributed by atoms with E-state index < -0.39 is 5.41 Å². The molecule has 0 unspecified atom stereocenters. The Morgan fingerprint density at radius 2 is 2.00 bits per heavy atom. The van der Waals surface area contributed by atoms with Gasteiger partial charge in [0, 0.05) is 18.5 Å². The zero-order valence-electron chi connectivity index (χ0n) is 15.3. The second-order valence-corrected chi connectivity index (χ2v) is 8.25. The molecule has 0 aromatic heterocycles. The molecular formula is C20H27FN2O2. The number of nitrogens with one attached hydrogen (secondary N) is 1. The summed E-state index contributed by atoms with van der Waals surface area (Å²) in [4.78, 5) is 27.0. The molecule has 1 N–H and O–H groups in total. The second-order valence-electron chi connectivity index (χ2n) is 8.25. The van der Waals surface area contributed by atoms with E-state index in [9.17, 15) is 14.0 Å². The predicted molar refractivity (Wildman–Crippen MR) is 94.4 cm³/mol. The summed E-state index contributed by atoms with van der Waals surface area (Å²) in [5.41, 5.74) is 1.19. The van der Waals surface area contributed by atoms with Crippen molar-refractivity contribution < 1.29 is 14.0 Å². The van der Waals surface area contributed by atoms with Gasteiger partial charge in [0.1, 0.15) is 5.82 Å². The zero-order valence-corrected chi connectivity index (χ0v) is 15.3. The number of amides is 2. The highest BCUT2D eigenvalue weighted by atomic mass is 19.1. The molecular weight excluding hydrogens is 319 g/mol. The van der Waals surface area contributed by atoms with Crippen molar-refractivity contribution in [1.82, 2.24) is 10.2 Å². The van der Waals surface area contributed by atoms with Gasteiger partial charge in [0.25, 0.3) is 0 Å². The lowest BCUT2D eigenvalue weighted by molar-refractivity contribution is -0.142. The molecule has 0 spiro atoms. The second kappa shape index (κ2) is 6.77. The first-order chi connectivity index (χ1) is 11.8. The van der Waals surface area contributed by atoms with Crippen molar-refractivity contribution in [2.45, 2.75) is 52.5 Å². The monoisotopic (exact) mass is 346 g/mol. The van der Waals surface area contributed by atoms with E-state index in [2.05, 4.69) is 5.32 Å². The van der Waals surface area contributed by atoms with Gasteiger partial charge in [0.2, 0.25) is 11.8 Å². The fourth-order valence-electron chi connectivity index (χ4n) is 3.90. The first-order valence-corrected chi connectivity index (χ1v) is 9.14. The van der Waals surface area contributed by atoms with Crippen LogP contribution in [0.25, 0.3) is 0 Å². The summed E-state index contributed by atoms with van der Waals surface area (Å²) in [7, 11) is 0. The van der Waals surface area contributed by atoms with Gasteiger partial charge in [-0.2, -0.15) is 0 Å². The van der Waals surface area contributed by atoms with Gasteiger partial charge in [-0.25, -0.2) is 4.39 Å². The lowest BCUT2D eigenvalue weighted by Gasteiger charge is -2.36. The zero-order chi connectivity index (χ0) is 18.2. The van der Waals surface area contributed by atoms with Crippen LogP contribution in [0.4, 0.5) is 4.39 Å². The standard InChI is InChI=1S/C20H27FN2O2/c1-20(2,3)19(25)23-11-5-6-13(12-23)18(24)22-17-10-9-14-15(17)7-4-8-16(14)21/h4,7-8,13,17H,5-6,9-12H2,1-3H3,(H,22,24)/t13-,17+/m0/s1. The average molecular weight is 346 g/mol. The van der Waals surface area contributed by atoms with Gasteiger partial charge >= 0.3 is 0 Å². The molecule has 2 atom stereocenters. The van der Waals surface area contributed by atoms with Crippen molar-refractivity contribution in [3.63, 3.8) is 0 Å². The number of hydrogen-bond donors (Lipinski definition) is 1. The molecule has 1 aliphatic carbocycles. The van der Waals surface area contributed by atoms with Gasteiger partial charge in [-0.05, 0) is 42.9 Å². The van der Waals surface area contributed by atoms with E-state index in [-0.39, 0.29) is 29.6 Å². The Morgan fingerprint density at radius 3 is 2.72 bits per heavy atom. The molecule has 2 aliphatic rings. The van der Waals surface area contributed by atoms with Gasteiger partial charge in [-0.3, -0.25) is 9.59 Å². The molecule has 4 nitrogen and oxygen atoms in total. The molecule has 2 amide bonds. The molecule has 0 radical (unpaired) electrons. The lowest BCUT2D eigenvalue weighted by Crippen LogP contribution is -2.49. The largest absolute Gasteiger partial charge is 0.349 e. The van der Waals surface area contributed by atoms with Gasteiger partial charge in [0.15, 0.2) is 0 Å². The third-order valence-corrected chi connectivity index (χ3v) is 5.25. The molecule has 3 rings (SSSR count). The molecule has 25 heavy (non-hydrogen) atoms. The van der Waals surface area contributed by atoms with Crippen molar-refractivity contribution in [2.75, 3.05) is 13.1 Å². The van der Waals surface area contributed by atoms with Crippen molar-refractivity contribution in [3.05, 3.63) is 35.1 Å². The summed E-state index contributed by atoms with van der Waals surface area (Å²) in [6.07, 6.45) is 3.03. The van der Waals surface area contributed by atoms with E-state index in [1.165, 1.54) is 6.07 Å². The number of fused-ring (bicyclic) bond motifs is 1. The molecule has 0 bridgehead atoms. The van der Waals surface area contributed by atoms with Crippen molar-refractivity contribution in [2.24, 2.45) is 11.3 Å².